The molecule has 0 aliphatic heterocycles. The molecule has 0 aromatic heterocycles. The number of carboxylic acid groups (broad SMARTS) is 2. The lowest BCUT2D eigenvalue weighted by Crippen LogP contribution is -2.17. The molecule has 0 rings (SSSR count). The van der Waals surface area contributed by atoms with Gasteiger partial charge in [-0.2, -0.15) is 0 Å². The largest absolute Gasteiger partial charge is 0.481 e. The molecule has 0 aliphatic rings. The standard InChI is InChI=1S/C20H36O4/c1-2-3-4-5-6-7-8-9-10-11-12-13-14-15-16-18(20(23)24)17-19(21)22/h10-11,18H,2-9,12-17H2,1H3,(H,21,22)(H,23,24). The van der Waals surface area contributed by atoms with E-state index in [4.69, 9.17) is 10.2 Å². The molecular formula is C20H36O4. The van der Waals surface area contributed by atoms with Crippen LogP contribution < -0.4 is 0 Å². The van der Waals surface area contributed by atoms with E-state index in [-0.39, 0.29) is 6.42 Å². The molecular weight excluding hydrogens is 304 g/mol. The van der Waals surface area contributed by atoms with E-state index >= 15 is 0 Å². The van der Waals surface area contributed by atoms with Gasteiger partial charge < -0.3 is 10.2 Å². The Morgan fingerprint density at radius 2 is 1.29 bits per heavy atom. The highest BCUT2D eigenvalue weighted by Gasteiger charge is 2.19. The first-order valence-electron chi connectivity index (χ1n) is 9.67. The fourth-order valence-electron chi connectivity index (χ4n) is 2.81. The van der Waals surface area contributed by atoms with Gasteiger partial charge in [-0.15, -0.1) is 0 Å². The molecule has 1 unspecified atom stereocenters. The third-order valence-corrected chi connectivity index (χ3v) is 4.33. The van der Waals surface area contributed by atoms with Crippen molar-refractivity contribution < 1.29 is 19.8 Å². The molecule has 0 bridgehead atoms. The summed E-state index contributed by atoms with van der Waals surface area (Å²) in [6.07, 6.45) is 19.0. The van der Waals surface area contributed by atoms with Gasteiger partial charge in [0.25, 0.3) is 0 Å². The first-order chi connectivity index (χ1) is 11.6. The summed E-state index contributed by atoms with van der Waals surface area (Å²) in [5.41, 5.74) is 0. The van der Waals surface area contributed by atoms with Gasteiger partial charge in [0.15, 0.2) is 0 Å². The summed E-state index contributed by atoms with van der Waals surface area (Å²) in [5, 5.41) is 17.6. The van der Waals surface area contributed by atoms with Crippen LogP contribution in [0.2, 0.25) is 0 Å². The van der Waals surface area contributed by atoms with Crippen LogP contribution in [-0.4, -0.2) is 22.2 Å². The first kappa shape index (κ1) is 22.7. The molecule has 0 aliphatic carbocycles. The van der Waals surface area contributed by atoms with Gasteiger partial charge in [-0.3, -0.25) is 9.59 Å². The number of aliphatic carboxylic acids is 2. The normalized spacial score (nSPS) is 12.5. The van der Waals surface area contributed by atoms with Crippen LogP contribution >= 0.6 is 0 Å². The molecule has 0 aromatic carbocycles. The van der Waals surface area contributed by atoms with Crippen LogP contribution in [0.25, 0.3) is 0 Å². The molecule has 24 heavy (non-hydrogen) atoms. The second-order valence-corrected chi connectivity index (χ2v) is 6.65. The number of unbranched alkanes of at least 4 members (excludes halogenated alkanes) is 10. The second kappa shape index (κ2) is 16.5. The Morgan fingerprint density at radius 3 is 1.79 bits per heavy atom. The predicted octanol–water partition coefficient (Wildman–Crippen LogP) is 5.81. The Labute approximate surface area is 147 Å². The number of carboxylic acids is 2. The van der Waals surface area contributed by atoms with Gasteiger partial charge >= 0.3 is 11.9 Å². The lowest BCUT2D eigenvalue weighted by Gasteiger charge is -2.08. The summed E-state index contributed by atoms with van der Waals surface area (Å²) < 4.78 is 0. The van der Waals surface area contributed by atoms with Crippen LogP contribution in [0.1, 0.15) is 96.8 Å². The van der Waals surface area contributed by atoms with Crippen LogP contribution in [0.4, 0.5) is 0 Å². The Morgan fingerprint density at radius 1 is 0.792 bits per heavy atom. The molecule has 0 saturated heterocycles. The van der Waals surface area contributed by atoms with Gasteiger partial charge in [0.1, 0.15) is 0 Å². The van der Waals surface area contributed by atoms with E-state index < -0.39 is 17.9 Å². The van der Waals surface area contributed by atoms with E-state index in [1.807, 2.05) is 0 Å². The maximum absolute atomic E-state index is 10.9. The van der Waals surface area contributed by atoms with E-state index in [0.29, 0.717) is 6.42 Å². The molecule has 0 saturated carbocycles. The highest BCUT2D eigenvalue weighted by Crippen LogP contribution is 2.15. The molecule has 2 N–H and O–H groups in total. The van der Waals surface area contributed by atoms with Crippen LogP contribution in [0.15, 0.2) is 12.2 Å². The molecule has 0 amide bonds. The Hall–Kier alpha value is -1.32. The van der Waals surface area contributed by atoms with Gasteiger partial charge in [-0.25, -0.2) is 0 Å². The van der Waals surface area contributed by atoms with E-state index in [9.17, 15) is 9.59 Å². The monoisotopic (exact) mass is 340 g/mol. The zero-order chi connectivity index (χ0) is 18.0. The molecule has 1 atom stereocenters. The summed E-state index contributed by atoms with van der Waals surface area (Å²) in [6, 6.07) is 0. The fourth-order valence-corrected chi connectivity index (χ4v) is 2.81. The van der Waals surface area contributed by atoms with Crippen molar-refractivity contribution in [2.75, 3.05) is 0 Å². The van der Waals surface area contributed by atoms with Crippen molar-refractivity contribution in [2.24, 2.45) is 5.92 Å². The number of allylic oxidation sites excluding steroid dienone is 2. The average Bonchev–Trinajstić information content (AvgIpc) is 2.53. The molecule has 0 heterocycles. The Balaban J connectivity index is 3.42. The van der Waals surface area contributed by atoms with Crippen molar-refractivity contribution in [1.82, 2.24) is 0 Å². The zero-order valence-corrected chi connectivity index (χ0v) is 15.3. The minimum Gasteiger partial charge on any atom is -0.481 e. The Bertz CT molecular complexity index is 350. The maximum atomic E-state index is 10.9. The van der Waals surface area contributed by atoms with Crippen molar-refractivity contribution in [3.8, 4) is 0 Å². The molecule has 4 nitrogen and oxygen atoms in total. The highest BCUT2D eigenvalue weighted by molar-refractivity contribution is 5.77. The van der Waals surface area contributed by atoms with E-state index in [2.05, 4.69) is 19.1 Å². The Kier molecular flexibility index (Phi) is 15.6. The third-order valence-electron chi connectivity index (χ3n) is 4.33. The van der Waals surface area contributed by atoms with Crippen molar-refractivity contribution in [3.05, 3.63) is 12.2 Å². The van der Waals surface area contributed by atoms with Crippen molar-refractivity contribution in [1.29, 1.82) is 0 Å². The molecule has 140 valence electrons. The van der Waals surface area contributed by atoms with Gasteiger partial charge in [0.05, 0.1) is 12.3 Å². The maximum Gasteiger partial charge on any atom is 0.307 e. The number of hydrogen-bond donors (Lipinski definition) is 2. The lowest BCUT2D eigenvalue weighted by atomic mass is 9.97. The van der Waals surface area contributed by atoms with Crippen molar-refractivity contribution in [3.63, 3.8) is 0 Å². The van der Waals surface area contributed by atoms with Crippen molar-refractivity contribution >= 4 is 11.9 Å². The number of rotatable bonds is 17. The summed E-state index contributed by atoms with van der Waals surface area (Å²) in [6.45, 7) is 2.24. The van der Waals surface area contributed by atoms with E-state index in [1.165, 1.54) is 44.9 Å². The van der Waals surface area contributed by atoms with Crippen LogP contribution in [0.5, 0.6) is 0 Å². The summed E-state index contributed by atoms with van der Waals surface area (Å²) in [7, 11) is 0. The quantitative estimate of drug-likeness (QED) is 0.259. The van der Waals surface area contributed by atoms with Gasteiger partial charge in [-0.05, 0) is 32.1 Å². The topological polar surface area (TPSA) is 74.6 Å². The lowest BCUT2D eigenvalue weighted by molar-refractivity contribution is -0.148. The summed E-state index contributed by atoms with van der Waals surface area (Å²) in [4.78, 5) is 21.5. The third kappa shape index (κ3) is 15.6. The van der Waals surface area contributed by atoms with Crippen LogP contribution in [-0.2, 0) is 9.59 Å². The first-order valence-corrected chi connectivity index (χ1v) is 9.67. The SMILES string of the molecule is CCCCCCCCCC=CCCCCCC(CC(=O)O)C(=O)O. The smallest absolute Gasteiger partial charge is 0.307 e. The molecule has 0 radical (unpaired) electrons. The minimum atomic E-state index is -1.03. The minimum absolute atomic E-state index is 0.270. The fraction of sp³-hybridized carbons (Fsp3) is 0.800. The molecule has 0 spiro atoms. The molecule has 0 fully saturated rings. The van der Waals surface area contributed by atoms with Crippen LogP contribution in [0, 0.1) is 5.92 Å². The number of hydrogen-bond acceptors (Lipinski definition) is 2. The van der Waals surface area contributed by atoms with E-state index in [1.54, 1.807) is 0 Å². The highest BCUT2D eigenvalue weighted by atomic mass is 16.4. The molecule has 4 heteroatoms. The number of carbonyl (C=O) groups is 2. The summed E-state index contributed by atoms with van der Waals surface area (Å²) >= 11 is 0. The van der Waals surface area contributed by atoms with Crippen LogP contribution in [0.3, 0.4) is 0 Å². The molecule has 0 aromatic rings. The van der Waals surface area contributed by atoms with Gasteiger partial charge in [-0.1, -0.05) is 70.4 Å². The van der Waals surface area contributed by atoms with Gasteiger partial charge in [0, 0.05) is 0 Å². The van der Waals surface area contributed by atoms with Gasteiger partial charge in [0.2, 0.25) is 0 Å². The van der Waals surface area contributed by atoms with Crippen molar-refractivity contribution in [2.45, 2.75) is 96.8 Å². The summed E-state index contributed by atoms with van der Waals surface area (Å²) in [5.74, 6) is -2.77. The predicted molar refractivity (Wildman–Crippen MR) is 98.2 cm³/mol. The average molecular weight is 341 g/mol. The zero-order valence-electron chi connectivity index (χ0n) is 15.3. The second-order valence-electron chi connectivity index (χ2n) is 6.65. The van der Waals surface area contributed by atoms with E-state index in [0.717, 1.165) is 32.1 Å².